The Labute approximate surface area is 228 Å². The van der Waals surface area contributed by atoms with Gasteiger partial charge in [0.2, 0.25) is 0 Å². The van der Waals surface area contributed by atoms with E-state index in [-0.39, 0.29) is 46.5 Å². The number of carbonyl (C=O) groups excluding carboxylic acids is 1. The second kappa shape index (κ2) is 20.8. The number of rotatable bonds is 6. The SMILES string of the molecule is CCCCCC([NH-])=O.[Cl-].[Cl-].[Ti+4].c1ccc([Si]c2ccccc2)cc1.c1ccc2[cH-]ccc2c1. The molecule has 0 fully saturated rings. The normalized spacial score (nSPS) is 8.88. The number of hydrogen-bond donors (Lipinski definition) is 0. The van der Waals surface area contributed by atoms with E-state index in [0.29, 0.717) is 6.42 Å². The summed E-state index contributed by atoms with van der Waals surface area (Å²) in [6.45, 7) is 2.08. The van der Waals surface area contributed by atoms with Gasteiger partial charge in [0.05, 0.1) is 0 Å². The number of fused-ring (bicyclic) bond motifs is 1. The zero-order valence-corrected chi connectivity index (χ0v) is 22.9. The molecular formula is C27H29Cl2NOSiTi. The van der Waals surface area contributed by atoms with Crippen LogP contribution in [0.25, 0.3) is 16.5 Å². The van der Waals surface area contributed by atoms with Crippen LogP contribution in [0, 0.1) is 0 Å². The molecule has 4 aromatic rings. The molecule has 0 atom stereocenters. The van der Waals surface area contributed by atoms with E-state index in [1.54, 1.807) is 0 Å². The van der Waals surface area contributed by atoms with Gasteiger partial charge >= 0.3 is 21.7 Å². The quantitative estimate of drug-likeness (QED) is 0.198. The number of amides is 1. The van der Waals surface area contributed by atoms with E-state index in [4.69, 9.17) is 5.73 Å². The first-order valence-electron chi connectivity index (χ1n) is 10.4. The molecule has 1 amide bonds. The predicted molar refractivity (Wildman–Crippen MR) is 131 cm³/mol. The van der Waals surface area contributed by atoms with E-state index < -0.39 is 5.91 Å². The molecule has 0 saturated carbocycles. The van der Waals surface area contributed by atoms with Crippen molar-refractivity contribution in [2.24, 2.45) is 0 Å². The van der Waals surface area contributed by atoms with Crippen LogP contribution in [-0.4, -0.2) is 15.4 Å². The second-order valence-corrected chi connectivity index (χ2v) is 8.30. The molecule has 0 aliphatic rings. The molecule has 0 bridgehead atoms. The molecular weight excluding hydrogens is 501 g/mol. The Bertz CT molecular complexity index is 913. The van der Waals surface area contributed by atoms with E-state index in [9.17, 15) is 4.79 Å². The molecule has 0 heterocycles. The molecule has 2 nitrogen and oxygen atoms in total. The van der Waals surface area contributed by atoms with Crippen molar-refractivity contribution in [3.05, 3.63) is 109 Å². The third-order valence-corrected chi connectivity index (χ3v) is 5.64. The van der Waals surface area contributed by atoms with Gasteiger partial charge in [-0.2, -0.15) is 17.5 Å². The number of carbonyl (C=O) groups is 1. The Morgan fingerprint density at radius 3 is 1.79 bits per heavy atom. The summed E-state index contributed by atoms with van der Waals surface area (Å²) in [4.78, 5) is 9.99. The van der Waals surface area contributed by atoms with E-state index in [2.05, 4.69) is 110 Å². The third-order valence-electron chi connectivity index (χ3n) is 4.39. The van der Waals surface area contributed by atoms with Crippen molar-refractivity contribution in [1.29, 1.82) is 0 Å². The Morgan fingerprint density at radius 1 is 0.788 bits per heavy atom. The topological polar surface area (TPSA) is 40.9 Å². The van der Waals surface area contributed by atoms with E-state index >= 15 is 0 Å². The third kappa shape index (κ3) is 14.9. The molecule has 0 aromatic heterocycles. The molecule has 1 N–H and O–H groups in total. The standard InChI is InChI=1S/C12H10Si.C9H7.C6H13NO.2ClH.Ti/c1-3-7-11(8-4-1)13-12-9-5-2-6-10-12;1-2-5-9-7-3-6-8(9)4-1;1-2-3-4-5-6(7)8;;;/h1-10H;1-7H;2-5H2,1H3,(H2,7,8);2*1H;/q;-1;;;;+4/p-3. The van der Waals surface area contributed by atoms with E-state index in [1.807, 2.05) is 0 Å². The van der Waals surface area contributed by atoms with Gasteiger partial charge in [-0.25, -0.2) is 0 Å². The number of nitrogens with one attached hydrogen (secondary N) is 1. The van der Waals surface area contributed by atoms with Crippen molar-refractivity contribution < 1.29 is 51.3 Å². The van der Waals surface area contributed by atoms with Gasteiger partial charge < -0.3 is 35.3 Å². The molecule has 2 radical (unpaired) electrons. The number of hydrogen-bond acceptors (Lipinski definition) is 1. The van der Waals surface area contributed by atoms with Crippen LogP contribution in [0.5, 0.6) is 0 Å². The molecule has 0 aliphatic heterocycles. The zero-order chi connectivity index (χ0) is 21.4. The Kier molecular flexibility index (Phi) is 21.1. The second-order valence-electron chi connectivity index (χ2n) is 6.89. The molecule has 0 aliphatic carbocycles. The van der Waals surface area contributed by atoms with Crippen LogP contribution in [0.3, 0.4) is 0 Å². The summed E-state index contributed by atoms with van der Waals surface area (Å²) in [5.74, 6) is -0.432. The molecule has 6 heteroatoms. The van der Waals surface area contributed by atoms with Crippen LogP contribution in [-0.2, 0) is 26.5 Å². The van der Waals surface area contributed by atoms with Crippen LogP contribution in [0.1, 0.15) is 32.6 Å². The fraction of sp³-hybridized carbons (Fsp3) is 0.185. The number of benzene rings is 3. The maximum atomic E-state index is 9.99. The first-order valence-corrected chi connectivity index (χ1v) is 11.4. The van der Waals surface area contributed by atoms with Crippen LogP contribution < -0.4 is 35.2 Å². The largest absolute Gasteiger partial charge is 4.00 e. The molecule has 0 saturated heterocycles. The van der Waals surface area contributed by atoms with Crippen LogP contribution in [0.4, 0.5) is 0 Å². The summed E-state index contributed by atoms with van der Waals surface area (Å²) in [6, 6.07) is 35.8. The van der Waals surface area contributed by atoms with Gasteiger partial charge in [-0.1, -0.05) is 96.9 Å². The zero-order valence-electron chi connectivity index (χ0n) is 18.8. The van der Waals surface area contributed by atoms with Crippen LogP contribution >= 0.6 is 0 Å². The monoisotopic (exact) mass is 529 g/mol. The number of unbranched alkanes of at least 4 members (excludes halogenated alkanes) is 2. The fourth-order valence-corrected chi connectivity index (χ4v) is 3.87. The average Bonchev–Trinajstić information content (AvgIpc) is 3.25. The van der Waals surface area contributed by atoms with Gasteiger partial charge in [0.15, 0.2) is 0 Å². The van der Waals surface area contributed by atoms with Crippen molar-refractivity contribution in [2.45, 2.75) is 32.6 Å². The maximum Gasteiger partial charge on any atom is 4.00 e. The first-order chi connectivity index (χ1) is 14.7. The molecule has 4 aromatic carbocycles. The van der Waals surface area contributed by atoms with Crippen molar-refractivity contribution in [1.82, 2.24) is 0 Å². The average molecular weight is 530 g/mol. The van der Waals surface area contributed by atoms with Crippen molar-refractivity contribution >= 4 is 36.6 Å². The Balaban J connectivity index is 0. The Hall–Kier alpha value is -1.75. The maximum absolute atomic E-state index is 9.99. The minimum Gasteiger partial charge on any atom is -1.00 e. The predicted octanol–water partition coefficient (Wildman–Crippen LogP) is 0.0513. The van der Waals surface area contributed by atoms with Crippen LogP contribution in [0.2, 0.25) is 0 Å². The van der Waals surface area contributed by atoms with Gasteiger partial charge in [0, 0.05) is 5.91 Å². The fourth-order valence-electron chi connectivity index (χ4n) is 2.82. The summed E-state index contributed by atoms with van der Waals surface area (Å²) < 4.78 is 0. The minimum absolute atomic E-state index is 0. The van der Waals surface area contributed by atoms with Crippen LogP contribution in [0.15, 0.2) is 103 Å². The molecule has 0 spiro atoms. The summed E-state index contributed by atoms with van der Waals surface area (Å²) in [5.41, 5.74) is 6.52. The minimum atomic E-state index is -0.432. The molecule has 170 valence electrons. The Morgan fingerprint density at radius 2 is 1.30 bits per heavy atom. The molecule has 0 unspecified atom stereocenters. The van der Waals surface area contributed by atoms with Gasteiger partial charge in [-0.15, -0.1) is 29.7 Å². The van der Waals surface area contributed by atoms with Gasteiger partial charge in [-0.3, -0.25) is 0 Å². The summed E-state index contributed by atoms with van der Waals surface area (Å²) >= 11 is 0. The summed E-state index contributed by atoms with van der Waals surface area (Å²) in [5, 5.41) is 5.46. The van der Waals surface area contributed by atoms with Crippen molar-refractivity contribution in [3.63, 3.8) is 0 Å². The van der Waals surface area contributed by atoms with Gasteiger partial charge in [0.25, 0.3) is 0 Å². The first kappa shape index (κ1) is 33.4. The van der Waals surface area contributed by atoms with Gasteiger partial charge in [0.1, 0.15) is 9.52 Å². The molecule has 33 heavy (non-hydrogen) atoms. The smallest absolute Gasteiger partial charge is 1.00 e. The van der Waals surface area contributed by atoms with E-state index in [0.717, 1.165) is 28.8 Å². The van der Waals surface area contributed by atoms with Crippen molar-refractivity contribution in [2.75, 3.05) is 0 Å². The van der Waals surface area contributed by atoms with Gasteiger partial charge in [-0.05, 0) is 12.8 Å². The molecule has 4 rings (SSSR count). The summed E-state index contributed by atoms with van der Waals surface area (Å²) in [6.07, 6.45) is 3.52. The van der Waals surface area contributed by atoms with Crippen molar-refractivity contribution in [3.8, 4) is 0 Å². The summed E-state index contributed by atoms with van der Waals surface area (Å²) in [7, 11) is 0.777. The number of halogens is 2. The van der Waals surface area contributed by atoms with E-state index in [1.165, 1.54) is 21.1 Å².